The fourth-order valence-electron chi connectivity index (χ4n) is 2.45. The zero-order valence-corrected chi connectivity index (χ0v) is 15.7. The van der Waals surface area contributed by atoms with Crippen LogP contribution < -0.4 is 5.32 Å². The van der Waals surface area contributed by atoms with Crippen LogP contribution in [0.1, 0.15) is 24.7 Å². The van der Waals surface area contributed by atoms with Gasteiger partial charge >= 0.3 is 6.01 Å². The summed E-state index contributed by atoms with van der Waals surface area (Å²) in [6.07, 6.45) is 0.942. The highest BCUT2D eigenvalue weighted by atomic mass is 32.2. The molecule has 0 aliphatic heterocycles. The number of anilines is 1. The number of aryl methyl sites for hydroxylation is 2. The van der Waals surface area contributed by atoms with E-state index in [-0.39, 0.29) is 17.7 Å². The van der Waals surface area contributed by atoms with Crippen LogP contribution >= 0.6 is 11.8 Å². The molecule has 26 heavy (non-hydrogen) atoms. The lowest BCUT2D eigenvalue weighted by atomic mass is 10.1. The van der Waals surface area contributed by atoms with Crippen molar-refractivity contribution >= 4 is 23.7 Å². The number of thioether (sulfide) groups is 1. The second-order valence-corrected chi connectivity index (χ2v) is 6.75. The van der Waals surface area contributed by atoms with E-state index in [4.69, 9.17) is 4.52 Å². The number of hydrogen-bond acceptors (Lipinski definition) is 7. The zero-order chi connectivity index (χ0) is 18.5. The topological polar surface area (TPSA) is 98.7 Å². The third-order valence-electron chi connectivity index (χ3n) is 3.55. The molecule has 0 radical (unpaired) electrons. The zero-order valence-electron chi connectivity index (χ0n) is 14.9. The van der Waals surface area contributed by atoms with Crippen LogP contribution in [0.5, 0.6) is 0 Å². The van der Waals surface area contributed by atoms with E-state index in [0.717, 1.165) is 29.9 Å². The highest BCUT2D eigenvalue weighted by molar-refractivity contribution is 7.99. The van der Waals surface area contributed by atoms with E-state index in [0.29, 0.717) is 11.0 Å². The number of benzene rings is 1. The van der Waals surface area contributed by atoms with Gasteiger partial charge in [-0.15, -0.1) is 10.2 Å². The van der Waals surface area contributed by atoms with Crippen LogP contribution in [0.15, 0.2) is 33.9 Å². The maximum atomic E-state index is 12.1. The molecular formula is C17H20N6O2S. The molecule has 8 nitrogen and oxygen atoms in total. The van der Waals surface area contributed by atoms with E-state index >= 15 is 0 Å². The molecule has 1 N–H and O–H groups in total. The Bertz CT molecular complexity index is 904. The summed E-state index contributed by atoms with van der Waals surface area (Å²) in [5, 5.41) is 15.5. The van der Waals surface area contributed by atoms with E-state index in [2.05, 4.69) is 38.6 Å². The summed E-state index contributed by atoms with van der Waals surface area (Å²) < 4.78 is 6.93. The molecule has 3 rings (SSSR count). The highest BCUT2D eigenvalue weighted by Gasteiger charge is 2.16. The molecule has 136 valence electrons. The molecule has 0 unspecified atom stereocenters. The van der Waals surface area contributed by atoms with Gasteiger partial charge in [0.25, 0.3) is 0 Å². The van der Waals surface area contributed by atoms with Gasteiger partial charge in [0.2, 0.25) is 5.91 Å². The first kappa shape index (κ1) is 18.1. The molecule has 0 spiro atoms. The van der Waals surface area contributed by atoms with E-state index in [1.165, 1.54) is 11.8 Å². The van der Waals surface area contributed by atoms with Gasteiger partial charge in [0.05, 0.1) is 5.75 Å². The molecule has 0 aliphatic carbocycles. The molecule has 0 bridgehead atoms. The molecule has 0 saturated carbocycles. The predicted molar refractivity (Wildman–Crippen MR) is 98.9 cm³/mol. The number of hydrogen-bond donors (Lipinski definition) is 1. The Hall–Kier alpha value is -2.68. The van der Waals surface area contributed by atoms with Crippen molar-refractivity contribution in [3.8, 4) is 11.4 Å². The van der Waals surface area contributed by atoms with Gasteiger partial charge in [-0.2, -0.15) is 4.98 Å². The molecule has 0 saturated heterocycles. The van der Waals surface area contributed by atoms with Crippen molar-refractivity contribution in [2.75, 3.05) is 11.1 Å². The van der Waals surface area contributed by atoms with Gasteiger partial charge in [-0.05, 0) is 26.3 Å². The Labute approximate surface area is 155 Å². The largest absolute Gasteiger partial charge is 0.328 e. The monoisotopic (exact) mass is 372 g/mol. The molecule has 2 heterocycles. The van der Waals surface area contributed by atoms with Crippen molar-refractivity contribution in [2.24, 2.45) is 0 Å². The summed E-state index contributed by atoms with van der Waals surface area (Å²) in [6, 6.07) is 8.24. The van der Waals surface area contributed by atoms with Gasteiger partial charge in [-0.25, -0.2) is 0 Å². The lowest BCUT2D eigenvalue weighted by Gasteiger charge is -2.09. The predicted octanol–water partition coefficient (Wildman–Crippen LogP) is 3.09. The maximum Gasteiger partial charge on any atom is 0.328 e. The number of carbonyl (C=O) groups is 1. The van der Waals surface area contributed by atoms with E-state index < -0.39 is 0 Å². The van der Waals surface area contributed by atoms with Crippen molar-refractivity contribution in [2.45, 2.75) is 38.9 Å². The van der Waals surface area contributed by atoms with Crippen molar-refractivity contribution in [1.29, 1.82) is 0 Å². The first-order valence-electron chi connectivity index (χ1n) is 8.30. The van der Waals surface area contributed by atoms with Gasteiger partial charge in [-0.1, -0.05) is 47.6 Å². The number of aromatic nitrogens is 5. The van der Waals surface area contributed by atoms with Gasteiger partial charge in [0, 0.05) is 12.1 Å². The molecule has 2 aromatic heterocycles. The Morgan fingerprint density at radius 2 is 2.15 bits per heavy atom. The Morgan fingerprint density at radius 3 is 2.85 bits per heavy atom. The second-order valence-electron chi connectivity index (χ2n) is 5.81. The lowest BCUT2D eigenvalue weighted by Crippen LogP contribution is -2.15. The van der Waals surface area contributed by atoms with Gasteiger partial charge in [-0.3, -0.25) is 10.1 Å². The minimum atomic E-state index is -0.234. The lowest BCUT2D eigenvalue weighted by molar-refractivity contribution is -0.114. The molecule has 3 aromatic rings. The summed E-state index contributed by atoms with van der Waals surface area (Å²) in [4.78, 5) is 16.0. The second kappa shape index (κ2) is 8.13. The van der Waals surface area contributed by atoms with Crippen LogP contribution in [0.2, 0.25) is 0 Å². The van der Waals surface area contributed by atoms with Crippen LogP contribution in [0.3, 0.4) is 0 Å². The minimum absolute atomic E-state index is 0.101. The Balaban J connectivity index is 1.72. The van der Waals surface area contributed by atoms with Crippen molar-refractivity contribution < 1.29 is 9.32 Å². The summed E-state index contributed by atoms with van der Waals surface area (Å²) in [7, 11) is 0. The smallest absolute Gasteiger partial charge is 0.315 e. The van der Waals surface area contributed by atoms with Crippen molar-refractivity contribution in [1.82, 2.24) is 24.9 Å². The molecule has 1 amide bonds. The summed E-state index contributed by atoms with van der Waals surface area (Å²) in [5.41, 5.74) is 2.18. The average Bonchev–Trinajstić information content (AvgIpc) is 3.20. The van der Waals surface area contributed by atoms with Crippen LogP contribution in [-0.2, 0) is 11.3 Å². The molecule has 0 atom stereocenters. The number of nitrogens with zero attached hydrogens (tertiary/aromatic N) is 5. The first-order chi connectivity index (χ1) is 12.6. The summed E-state index contributed by atoms with van der Waals surface area (Å²) in [6.45, 7) is 6.61. The minimum Gasteiger partial charge on any atom is -0.315 e. The molecule has 9 heteroatoms. The number of rotatable bonds is 7. The Morgan fingerprint density at radius 1 is 1.31 bits per heavy atom. The van der Waals surface area contributed by atoms with E-state index in [9.17, 15) is 4.79 Å². The standard InChI is InChI=1S/C17H20N6O2S/c1-4-8-23-15(13-7-5-6-11(2)9-13)20-21-17(23)26-10-14(24)19-16-18-12(3)22-25-16/h5-7,9H,4,8,10H2,1-3H3,(H,18,19,22,24). The number of carbonyl (C=O) groups excluding carboxylic acids is 1. The molecule has 1 aromatic carbocycles. The van der Waals surface area contributed by atoms with Crippen molar-refractivity contribution in [3.05, 3.63) is 35.7 Å². The number of nitrogens with one attached hydrogen (secondary N) is 1. The third kappa shape index (κ3) is 4.29. The quantitative estimate of drug-likeness (QED) is 0.636. The van der Waals surface area contributed by atoms with E-state index in [1.807, 2.05) is 29.7 Å². The van der Waals surface area contributed by atoms with E-state index in [1.54, 1.807) is 6.92 Å². The van der Waals surface area contributed by atoms with Gasteiger partial charge in [0.15, 0.2) is 16.8 Å². The van der Waals surface area contributed by atoms with Crippen molar-refractivity contribution in [3.63, 3.8) is 0 Å². The highest BCUT2D eigenvalue weighted by Crippen LogP contribution is 2.25. The van der Waals surface area contributed by atoms with Crippen LogP contribution in [0, 0.1) is 13.8 Å². The normalized spacial score (nSPS) is 10.9. The SMILES string of the molecule is CCCn1c(SCC(=O)Nc2nc(C)no2)nnc1-c1cccc(C)c1. The summed E-state index contributed by atoms with van der Waals surface area (Å²) >= 11 is 1.33. The van der Waals surface area contributed by atoms with Crippen LogP contribution in [0.4, 0.5) is 6.01 Å². The maximum absolute atomic E-state index is 12.1. The fraction of sp³-hybridized carbons (Fsp3) is 0.353. The fourth-order valence-corrected chi connectivity index (χ4v) is 3.22. The third-order valence-corrected chi connectivity index (χ3v) is 4.51. The molecule has 0 aliphatic rings. The Kier molecular flexibility index (Phi) is 5.67. The molecule has 0 fully saturated rings. The van der Waals surface area contributed by atoms with Gasteiger partial charge < -0.3 is 9.09 Å². The molecular weight excluding hydrogens is 352 g/mol. The number of amides is 1. The average molecular weight is 372 g/mol. The first-order valence-corrected chi connectivity index (χ1v) is 9.28. The van der Waals surface area contributed by atoms with Gasteiger partial charge in [0.1, 0.15) is 0 Å². The van der Waals surface area contributed by atoms with Crippen LogP contribution in [-0.4, -0.2) is 36.6 Å². The van der Waals surface area contributed by atoms with Crippen LogP contribution in [0.25, 0.3) is 11.4 Å². The summed E-state index contributed by atoms with van der Waals surface area (Å²) in [5.74, 6) is 1.23.